The molecule has 2 rings (SSSR count). The molecule has 0 aliphatic rings. The SMILES string of the molecule is CCCCCCCCc1ccc(C#Cc2ccc(OCCCC(F)(F)F)cc2)cc1. The van der Waals surface area contributed by atoms with Crippen LogP contribution in [0.3, 0.4) is 0 Å². The van der Waals surface area contributed by atoms with Gasteiger partial charge in [-0.1, -0.05) is 63.0 Å². The highest BCUT2D eigenvalue weighted by Crippen LogP contribution is 2.21. The molecule has 0 atom stereocenters. The topological polar surface area (TPSA) is 9.23 Å². The summed E-state index contributed by atoms with van der Waals surface area (Å²) in [7, 11) is 0. The van der Waals surface area contributed by atoms with E-state index in [1.807, 2.05) is 12.1 Å². The first kappa shape index (κ1) is 23.9. The number of hydrogen-bond acceptors (Lipinski definition) is 1. The Labute approximate surface area is 178 Å². The molecule has 0 aliphatic heterocycles. The first-order valence-corrected chi connectivity index (χ1v) is 10.9. The third-order valence-electron chi connectivity index (χ3n) is 4.85. The Hall–Kier alpha value is -2.41. The molecule has 0 saturated carbocycles. The predicted molar refractivity (Wildman–Crippen MR) is 117 cm³/mol. The highest BCUT2D eigenvalue weighted by Gasteiger charge is 2.26. The molecule has 0 amide bonds. The lowest BCUT2D eigenvalue weighted by molar-refractivity contribution is -0.136. The number of unbranched alkanes of at least 4 members (excludes halogenated alkanes) is 5. The first-order valence-electron chi connectivity index (χ1n) is 10.9. The van der Waals surface area contributed by atoms with Gasteiger partial charge in [0.2, 0.25) is 0 Å². The monoisotopic (exact) mass is 416 g/mol. The Kier molecular flexibility index (Phi) is 10.3. The van der Waals surface area contributed by atoms with Crippen LogP contribution in [0.5, 0.6) is 5.75 Å². The molecule has 0 saturated heterocycles. The van der Waals surface area contributed by atoms with Crippen LogP contribution >= 0.6 is 0 Å². The third kappa shape index (κ3) is 10.4. The summed E-state index contributed by atoms with van der Waals surface area (Å²) in [6, 6.07) is 15.5. The van der Waals surface area contributed by atoms with Crippen molar-refractivity contribution >= 4 is 0 Å². The Balaban J connectivity index is 1.74. The highest BCUT2D eigenvalue weighted by molar-refractivity contribution is 5.44. The molecule has 0 fully saturated rings. The standard InChI is InChI=1S/C26H31F3O/c1-2-3-4-5-6-7-9-22-10-12-23(13-11-22)14-15-24-16-18-25(19-17-24)30-21-8-20-26(27,28)29/h10-13,16-19H,2-9,20-21H2,1H3. The number of hydrogen-bond donors (Lipinski definition) is 0. The van der Waals surface area contributed by atoms with Crippen LogP contribution in [0, 0.1) is 11.8 Å². The summed E-state index contributed by atoms with van der Waals surface area (Å²) in [4.78, 5) is 0. The third-order valence-corrected chi connectivity index (χ3v) is 4.85. The Bertz CT molecular complexity index is 780. The number of benzene rings is 2. The van der Waals surface area contributed by atoms with Gasteiger partial charge in [0.1, 0.15) is 5.75 Å². The van der Waals surface area contributed by atoms with E-state index in [0.717, 1.165) is 17.5 Å². The summed E-state index contributed by atoms with van der Waals surface area (Å²) in [5.74, 6) is 6.82. The van der Waals surface area contributed by atoms with Gasteiger partial charge in [-0.25, -0.2) is 0 Å². The summed E-state index contributed by atoms with van der Waals surface area (Å²) < 4.78 is 41.7. The molecule has 0 N–H and O–H groups in total. The van der Waals surface area contributed by atoms with Crippen LogP contribution in [0.25, 0.3) is 0 Å². The van der Waals surface area contributed by atoms with Crippen LogP contribution in [0.15, 0.2) is 48.5 Å². The predicted octanol–water partition coefficient (Wildman–Crippen LogP) is 7.71. The second kappa shape index (κ2) is 13.0. The van der Waals surface area contributed by atoms with Gasteiger partial charge in [-0.05, 0) is 61.2 Å². The molecule has 0 unspecified atom stereocenters. The Morgan fingerprint density at radius 3 is 1.90 bits per heavy atom. The van der Waals surface area contributed by atoms with E-state index in [9.17, 15) is 13.2 Å². The minimum atomic E-state index is -4.13. The Morgan fingerprint density at radius 1 is 0.733 bits per heavy atom. The van der Waals surface area contributed by atoms with Crippen molar-refractivity contribution in [2.24, 2.45) is 0 Å². The summed E-state index contributed by atoms with van der Waals surface area (Å²) in [6.45, 7) is 2.29. The summed E-state index contributed by atoms with van der Waals surface area (Å²) in [5, 5.41) is 0. The molecule has 1 nitrogen and oxygen atoms in total. The molecule has 0 radical (unpaired) electrons. The molecule has 162 valence electrons. The van der Waals surface area contributed by atoms with Crippen LogP contribution in [0.1, 0.15) is 75.0 Å². The normalized spacial score (nSPS) is 11.1. The van der Waals surface area contributed by atoms with Crippen molar-refractivity contribution in [3.63, 3.8) is 0 Å². The van der Waals surface area contributed by atoms with E-state index in [2.05, 4.69) is 43.0 Å². The minimum Gasteiger partial charge on any atom is -0.494 e. The molecule has 0 aromatic heterocycles. The number of halogens is 3. The molecular formula is C26H31F3O. The summed E-state index contributed by atoms with van der Waals surface area (Å²) in [5.41, 5.74) is 3.16. The lowest BCUT2D eigenvalue weighted by Crippen LogP contribution is -2.09. The van der Waals surface area contributed by atoms with Gasteiger partial charge in [0, 0.05) is 17.5 Å². The maximum absolute atomic E-state index is 12.1. The van der Waals surface area contributed by atoms with Crippen molar-refractivity contribution in [1.82, 2.24) is 0 Å². The van der Waals surface area contributed by atoms with E-state index in [1.165, 1.54) is 44.1 Å². The molecule has 0 spiro atoms. The molecule has 30 heavy (non-hydrogen) atoms. The van der Waals surface area contributed by atoms with Crippen LogP contribution in [0.4, 0.5) is 13.2 Å². The zero-order valence-corrected chi connectivity index (χ0v) is 17.7. The number of aryl methyl sites for hydroxylation is 1. The fourth-order valence-electron chi connectivity index (χ4n) is 3.11. The molecule has 2 aromatic carbocycles. The van der Waals surface area contributed by atoms with Gasteiger partial charge in [-0.2, -0.15) is 13.2 Å². The summed E-state index contributed by atoms with van der Waals surface area (Å²) >= 11 is 0. The molecule has 0 bridgehead atoms. The number of alkyl halides is 3. The molecular weight excluding hydrogens is 385 g/mol. The van der Waals surface area contributed by atoms with Crippen molar-refractivity contribution in [2.45, 2.75) is 70.9 Å². The molecule has 2 aromatic rings. The van der Waals surface area contributed by atoms with E-state index in [1.54, 1.807) is 12.1 Å². The highest BCUT2D eigenvalue weighted by atomic mass is 19.4. The van der Waals surface area contributed by atoms with E-state index < -0.39 is 12.6 Å². The quantitative estimate of drug-likeness (QED) is 0.269. The van der Waals surface area contributed by atoms with Crippen LogP contribution in [-0.2, 0) is 6.42 Å². The van der Waals surface area contributed by atoms with Crippen molar-refractivity contribution in [1.29, 1.82) is 0 Å². The van der Waals surface area contributed by atoms with Crippen molar-refractivity contribution in [3.05, 3.63) is 65.2 Å². The number of rotatable bonds is 11. The van der Waals surface area contributed by atoms with Crippen molar-refractivity contribution in [2.75, 3.05) is 6.61 Å². The lowest BCUT2D eigenvalue weighted by atomic mass is 10.0. The second-order valence-corrected chi connectivity index (χ2v) is 7.56. The average Bonchev–Trinajstić information content (AvgIpc) is 2.73. The van der Waals surface area contributed by atoms with Gasteiger partial charge < -0.3 is 4.74 Å². The average molecular weight is 417 g/mol. The fourth-order valence-corrected chi connectivity index (χ4v) is 3.11. The summed E-state index contributed by atoms with van der Waals surface area (Å²) in [6.07, 6.45) is 3.94. The van der Waals surface area contributed by atoms with Gasteiger partial charge in [0.05, 0.1) is 6.61 Å². The number of ether oxygens (including phenoxy) is 1. The van der Waals surface area contributed by atoms with E-state index >= 15 is 0 Å². The van der Waals surface area contributed by atoms with E-state index in [-0.39, 0.29) is 13.0 Å². The van der Waals surface area contributed by atoms with Gasteiger partial charge in [0.15, 0.2) is 0 Å². The van der Waals surface area contributed by atoms with Gasteiger partial charge in [-0.3, -0.25) is 0 Å². The van der Waals surface area contributed by atoms with Crippen molar-refractivity contribution < 1.29 is 17.9 Å². The van der Waals surface area contributed by atoms with E-state index in [4.69, 9.17) is 4.74 Å². The van der Waals surface area contributed by atoms with E-state index in [0.29, 0.717) is 5.75 Å². The molecule has 4 heteroatoms. The second-order valence-electron chi connectivity index (χ2n) is 7.56. The van der Waals surface area contributed by atoms with Crippen molar-refractivity contribution in [3.8, 4) is 17.6 Å². The largest absolute Gasteiger partial charge is 0.494 e. The van der Waals surface area contributed by atoms with Gasteiger partial charge in [-0.15, -0.1) is 0 Å². The van der Waals surface area contributed by atoms with Crippen LogP contribution in [0.2, 0.25) is 0 Å². The fraction of sp³-hybridized carbons (Fsp3) is 0.462. The smallest absolute Gasteiger partial charge is 0.389 e. The maximum atomic E-state index is 12.1. The molecule has 0 heterocycles. The Morgan fingerprint density at radius 2 is 1.30 bits per heavy atom. The zero-order chi connectivity index (χ0) is 21.7. The van der Waals surface area contributed by atoms with Crippen LogP contribution in [-0.4, -0.2) is 12.8 Å². The maximum Gasteiger partial charge on any atom is 0.389 e. The first-order chi connectivity index (χ1) is 14.5. The lowest BCUT2D eigenvalue weighted by Gasteiger charge is -2.08. The van der Waals surface area contributed by atoms with Gasteiger partial charge >= 0.3 is 6.18 Å². The molecule has 0 aliphatic carbocycles. The van der Waals surface area contributed by atoms with Gasteiger partial charge in [0.25, 0.3) is 0 Å². The van der Waals surface area contributed by atoms with Crippen LogP contribution < -0.4 is 4.74 Å². The zero-order valence-electron chi connectivity index (χ0n) is 17.7. The minimum absolute atomic E-state index is 0.0418.